The second-order valence-electron chi connectivity index (χ2n) is 4.41. The van der Waals surface area contributed by atoms with Crippen molar-refractivity contribution in [3.8, 4) is 0 Å². The van der Waals surface area contributed by atoms with Gasteiger partial charge in [0.15, 0.2) is 0 Å². The molecule has 2 atom stereocenters. The van der Waals surface area contributed by atoms with Gasteiger partial charge in [0.2, 0.25) is 0 Å². The molecular weight excluding hydrogens is 179 g/mol. The zero-order valence-electron chi connectivity index (χ0n) is 9.48. The number of allylic oxidation sites excluding steroid dienone is 1. The highest BCUT2D eigenvalue weighted by molar-refractivity contribution is 5.17. The average molecular weight is 200 g/mol. The predicted molar refractivity (Wildman–Crippen MR) is 57.1 cm³/mol. The quantitative estimate of drug-likeness (QED) is 0.617. The molecule has 0 saturated heterocycles. The van der Waals surface area contributed by atoms with Crippen molar-refractivity contribution in [3.05, 3.63) is 11.6 Å². The second kappa shape index (κ2) is 4.92. The zero-order chi connectivity index (χ0) is 10.6. The van der Waals surface area contributed by atoms with E-state index in [9.17, 15) is 4.39 Å². The fourth-order valence-corrected chi connectivity index (χ4v) is 2.33. The fraction of sp³-hybridized carbons (Fsp3) is 0.833. The van der Waals surface area contributed by atoms with E-state index in [0.29, 0.717) is 13.0 Å². The second-order valence-corrected chi connectivity index (χ2v) is 4.41. The van der Waals surface area contributed by atoms with E-state index >= 15 is 0 Å². The van der Waals surface area contributed by atoms with Crippen molar-refractivity contribution in [2.75, 3.05) is 13.7 Å². The van der Waals surface area contributed by atoms with Crippen molar-refractivity contribution in [2.24, 2.45) is 5.41 Å². The predicted octanol–water partition coefficient (Wildman–Crippen LogP) is 3.50. The lowest BCUT2D eigenvalue weighted by molar-refractivity contribution is 0.0427. The molecule has 0 heterocycles. The SMILES string of the molecule is CCC[C@H](F)[C@@]1(COC)C=C(C)CC1. The average Bonchev–Trinajstić information content (AvgIpc) is 2.50. The van der Waals surface area contributed by atoms with Crippen molar-refractivity contribution in [1.29, 1.82) is 0 Å². The van der Waals surface area contributed by atoms with Crippen LogP contribution in [0, 0.1) is 5.41 Å². The van der Waals surface area contributed by atoms with Gasteiger partial charge in [0.05, 0.1) is 6.61 Å². The topological polar surface area (TPSA) is 9.23 Å². The first kappa shape index (κ1) is 11.7. The molecule has 1 rings (SSSR count). The molecule has 0 aromatic rings. The van der Waals surface area contributed by atoms with Crippen LogP contribution < -0.4 is 0 Å². The molecule has 14 heavy (non-hydrogen) atoms. The highest BCUT2D eigenvalue weighted by atomic mass is 19.1. The highest BCUT2D eigenvalue weighted by Gasteiger charge is 2.39. The number of hydrogen-bond acceptors (Lipinski definition) is 1. The third-order valence-electron chi connectivity index (χ3n) is 3.10. The van der Waals surface area contributed by atoms with E-state index in [1.54, 1.807) is 7.11 Å². The Morgan fingerprint density at radius 1 is 1.64 bits per heavy atom. The van der Waals surface area contributed by atoms with Crippen molar-refractivity contribution in [2.45, 2.75) is 45.7 Å². The minimum absolute atomic E-state index is 0.325. The molecule has 0 bridgehead atoms. The van der Waals surface area contributed by atoms with Crippen molar-refractivity contribution >= 4 is 0 Å². The third-order valence-corrected chi connectivity index (χ3v) is 3.10. The zero-order valence-corrected chi connectivity index (χ0v) is 9.48. The van der Waals surface area contributed by atoms with Crippen LogP contribution >= 0.6 is 0 Å². The smallest absolute Gasteiger partial charge is 0.111 e. The Labute approximate surface area is 86.3 Å². The fourth-order valence-electron chi connectivity index (χ4n) is 2.33. The Bertz CT molecular complexity index is 212. The summed E-state index contributed by atoms with van der Waals surface area (Å²) in [6, 6.07) is 0. The number of ether oxygens (including phenoxy) is 1. The molecule has 82 valence electrons. The maximum atomic E-state index is 14.0. The van der Waals surface area contributed by atoms with Gasteiger partial charge in [0.1, 0.15) is 6.17 Å². The van der Waals surface area contributed by atoms with Crippen LogP contribution in [0.1, 0.15) is 39.5 Å². The standard InChI is InChI=1S/C12H21FO/c1-4-5-11(13)12(9-14-3)7-6-10(2)8-12/h8,11H,4-7,9H2,1-3H3/t11-,12+/m0/s1. The Hall–Kier alpha value is -0.370. The van der Waals surface area contributed by atoms with E-state index < -0.39 is 6.17 Å². The van der Waals surface area contributed by atoms with Gasteiger partial charge in [-0.2, -0.15) is 0 Å². The van der Waals surface area contributed by atoms with Gasteiger partial charge in [0, 0.05) is 12.5 Å². The molecule has 0 aromatic carbocycles. The Morgan fingerprint density at radius 3 is 2.79 bits per heavy atom. The Kier molecular flexibility index (Phi) is 4.11. The van der Waals surface area contributed by atoms with Crippen LogP contribution in [-0.4, -0.2) is 19.9 Å². The highest BCUT2D eigenvalue weighted by Crippen LogP contribution is 2.42. The van der Waals surface area contributed by atoms with Crippen LogP contribution in [-0.2, 0) is 4.74 Å². The lowest BCUT2D eigenvalue weighted by atomic mass is 9.81. The van der Waals surface area contributed by atoms with Gasteiger partial charge in [0.25, 0.3) is 0 Å². The summed E-state index contributed by atoms with van der Waals surface area (Å²) in [5, 5.41) is 0. The molecule has 1 nitrogen and oxygen atoms in total. The van der Waals surface area contributed by atoms with Crippen molar-refractivity contribution in [1.82, 2.24) is 0 Å². The van der Waals surface area contributed by atoms with Gasteiger partial charge in [-0.15, -0.1) is 0 Å². The summed E-state index contributed by atoms with van der Waals surface area (Å²) in [5.74, 6) is 0. The minimum atomic E-state index is -0.745. The summed E-state index contributed by atoms with van der Waals surface area (Å²) < 4.78 is 19.2. The Morgan fingerprint density at radius 2 is 2.36 bits per heavy atom. The van der Waals surface area contributed by atoms with Gasteiger partial charge in [-0.3, -0.25) is 0 Å². The number of methoxy groups -OCH3 is 1. The number of alkyl halides is 1. The maximum absolute atomic E-state index is 14.0. The molecular formula is C12H21FO. The molecule has 0 amide bonds. The summed E-state index contributed by atoms with van der Waals surface area (Å²) in [6.45, 7) is 4.63. The first-order valence-electron chi connectivity index (χ1n) is 5.46. The lowest BCUT2D eigenvalue weighted by Gasteiger charge is -2.30. The van der Waals surface area contributed by atoms with Crippen LogP contribution in [0.4, 0.5) is 4.39 Å². The van der Waals surface area contributed by atoms with E-state index in [2.05, 4.69) is 13.0 Å². The summed E-state index contributed by atoms with van der Waals surface area (Å²) in [7, 11) is 1.65. The van der Waals surface area contributed by atoms with E-state index in [-0.39, 0.29) is 5.41 Å². The largest absolute Gasteiger partial charge is 0.384 e. The maximum Gasteiger partial charge on any atom is 0.111 e. The van der Waals surface area contributed by atoms with E-state index in [1.165, 1.54) is 5.57 Å². The first-order chi connectivity index (χ1) is 6.64. The van der Waals surface area contributed by atoms with Gasteiger partial charge in [-0.25, -0.2) is 4.39 Å². The van der Waals surface area contributed by atoms with E-state index in [4.69, 9.17) is 4.74 Å². The summed E-state index contributed by atoms with van der Waals surface area (Å²) in [4.78, 5) is 0. The summed E-state index contributed by atoms with van der Waals surface area (Å²) in [5.41, 5.74) is 0.982. The molecule has 0 radical (unpaired) electrons. The molecule has 0 unspecified atom stereocenters. The van der Waals surface area contributed by atoms with Crippen molar-refractivity contribution < 1.29 is 9.13 Å². The normalized spacial score (nSPS) is 29.0. The van der Waals surface area contributed by atoms with Gasteiger partial charge < -0.3 is 4.74 Å². The molecule has 0 saturated carbocycles. The summed E-state index contributed by atoms with van der Waals surface area (Å²) in [6.07, 6.45) is 4.83. The number of hydrogen-bond donors (Lipinski definition) is 0. The minimum Gasteiger partial charge on any atom is -0.384 e. The lowest BCUT2D eigenvalue weighted by Crippen LogP contribution is -2.33. The van der Waals surface area contributed by atoms with Crippen LogP contribution in [0.25, 0.3) is 0 Å². The van der Waals surface area contributed by atoms with Crippen LogP contribution in [0.2, 0.25) is 0 Å². The molecule has 1 aliphatic rings. The molecule has 0 fully saturated rings. The van der Waals surface area contributed by atoms with Gasteiger partial charge in [-0.05, 0) is 26.2 Å². The summed E-state index contributed by atoms with van der Waals surface area (Å²) >= 11 is 0. The van der Waals surface area contributed by atoms with Crippen LogP contribution in [0.3, 0.4) is 0 Å². The molecule has 1 aliphatic carbocycles. The molecule has 0 aromatic heterocycles. The molecule has 0 spiro atoms. The molecule has 0 aliphatic heterocycles. The third kappa shape index (κ3) is 2.35. The number of rotatable bonds is 5. The van der Waals surface area contributed by atoms with E-state index in [0.717, 1.165) is 19.3 Å². The first-order valence-corrected chi connectivity index (χ1v) is 5.46. The van der Waals surface area contributed by atoms with Gasteiger partial charge in [-0.1, -0.05) is 25.0 Å². The van der Waals surface area contributed by atoms with Crippen LogP contribution in [0.15, 0.2) is 11.6 Å². The van der Waals surface area contributed by atoms with Crippen LogP contribution in [0.5, 0.6) is 0 Å². The van der Waals surface area contributed by atoms with E-state index in [1.807, 2.05) is 6.92 Å². The number of halogens is 1. The van der Waals surface area contributed by atoms with Crippen molar-refractivity contribution in [3.63, 3.8) is 0 Å². The molecule has 2 heteroatoms. The monoisotopic (exact) mass is 200 g/mol. The molecule has 0 N–H and O–H groups in total. The Balaban J connectivity index is 2.72. The van der Waals surface area contributed by atoms with Gasteiger partial charge >= 0.3 is 0 Å².